The van der Waals surface area contributed by atoms with Crippen LogP contribution in [0.1, 0.15) is 30.1 Å². The van der Waals surface area contributed by atoms with Crippen LogP contribution in [0.4, 0.5) is 5.82 Å². The number of rotatable bonds is 5. The molecule has 1 unspecified atom stereocenters. The topological polar surface area (TPSA) is 88.3 Å². The minimum atomic E-state index is -0.556. The predicted octanol–water partition coefficient (Wildman–Crippen LogP) is 0.849. The van der Waals surface area contributed by atoms with Gasteiger partial charge in [0.1, 0.15) is 5.82 Å². The van der Waals surface area contributed by atoms with E-state index in [2.05, 4.69) is 10.3 Å². The van der Waals surface area contributed by atoms with E-state index in [-0.39, 0.29) is 11.8 Å². The molecule has 0 aliphatic carbocycles. The van der Waals surface area contributed by atoms with Crippen molar-refractivity contribution < 1.29 is 9.59 Å². The number of anilines is 1. The zero-order chi connectivity index (χ0) is 14.4. The molecule has 19 heavy (non-hydrogen) atoms. The predicted molar refractivity (Wildman–Crippen MR) is 73.8 cm³/mol. The third kappa shape index (κ3) is 4.33. The van der Waals surface area contributed by atoms with Crippen LogP contribution in [0, 0.1) is 0 Å². The molecule has 6 nitrogen and oxygen atoms in total. The van der Waals surface area contributed by atoms with Crippen molar-refractivity contribution in [1.29, 1.82) is 0 Å². The van der Waals surface area contributed by atoms with E-state index in [1.165, 1.54) is 11.1 Å². The van der Waals surface area contributed by atoms with Gasteiger partial charge in [0, 0.05) is 25.9 Å². The van der Waals surface area contributed by atoms with Gasteiger partial charge in [-0.25, -0.2) is 4.98 Å². The molecule has 3 N–H and O–H groups in total. The van der Waals surface area contributed by atoms with Crippen molar-refractivity contribution in [3.05, 3.63) is 23.9 Å². The van der Waals surface area contributed by atoms with E-state index >= 15 is 0 Å². The number of hydrogen-bond acceptors (Lipinski definition) is 4. The Labute approximate surface area is 113 Å². The summed E-state index contributed by atoms with van der Waals surface area (Å²) in [6.07, 6.45) is 2.93. The third-order valence-corrected chi connectivity index (χ3v) is 2.60. The molecular weight excluding hydrogens is 244 g/mol. The Bertz CT molecular complexity index is 460. The fourth-order valence-corrected chi connectivity index (χ4v) is 1.55. The Morgan fingerprint density at radius 3 is 2.74 bits per heavy atom. The number of nitrogens with one attached hydrogen (secondary N) is 1. The lowest BCUT2D eigenvalue weighted by Crippen LogP contribution is -2.35. The lowest BCUT2D eigenvalue weighted by Gasteiger charge is -2.13. The van der Waals surface area contributed by atoms with Gasteiger partial charge in [0.05, 0.1) is 6.04 Å². The Balaban J connectivity index is 2.77. The van der Waals surface area contributed by atoms with Crippen molar-refractivity contribution in [2.24, 2.45) is 5.73 Å². The molecule has 1 aromatic rings. The molecule has 0 fully saturated rings. The maximum absolute atomic E-state index is 11.8. The van der Waals surface area contributed by atoms with E-state index in [4.69, 9.17) is 5.73 Å². The number of hydrogen-bond donors (Lipinski definition) is 2. The maximum Gasteiger partial charge on any atom is 0.253 e. The minimum absolute atomic E-state index is 0.143. The second-order valence-electron chi connectivity index (χ2n) is 4.51. The number of nitrogens with two attached hydrogens (primary N) is 1. The van der Waals surface area contributed by atoms with Gasteiger partial charge < -0.3 is 16.0 Å². The molecular formula is C13H20N4O2. The van der Waals surface area contributed by atoms with Crippen LogP contribution in [0.25, 0.3) is 0 Å². The first-order valence-electron chi connectivity index (χ1n) is 6.19. The van der Waals surface area contributed by atoms with Crippen LogP contribution in [0.5, 0.6) is 0 Å². The van der Waals surface area contributed by atoms with Crippen LogP contribution < -0.4 is 11.1 Å². The van der Waals surface area contributed by atoms with E-state index in [1.54, 1.807) is 26.2 Å². The molecule has 0 aromatic carbocycles. The van der Waals surface area contributed by atoms with Gasteiger partial charge in [-0.1, -0.05) is 13.3 Å². The first-order chi connectivity index (χ1) is 8.95. The Morgan fingerprint density at radius 1 is 1.47 bits per heavy atom. The lowest BCUT2D eigenvalue weighted by molar-refractivity contribution is -0.117. The highest BCUT2D eigenvalue weighted by atomic mass is 16.2. The van der Waals surface area contributed by atoms with Gasteiger partial charge in [-0.3, -0.25) is 9.59 Å². The van der Waals surface area contributed by atoms with Crippen molar-refractivity contribution in [3.8, 4) is 0 Å². The number of nitrogens with zero attached hydrogens (tertiary/aromatic N) is 2. The number of carbonyl (C=O) groups is 2. The van der Waals surface area contributed by atoms with Crippen molar-refractivity contribution in [2.75, 3.05) is 19.4 Å². The molecule has 0 saturated heterocycles. The Kier molecular flexibility index (Phi) is 5.44. The number of aromatic nitrogens is 1. The third-order valence-electron chi connectivity index (χ3n) is 2.60. The summed E-state index contributed by atoms with van der Waals surface area (Å²) in [5.74, 6) is -0.0937. The summed E-state index contributed by atoms with van der Waals surface area (Å²) in [5.41, 5.74) is 6.18. The van der Waals surface area contributed by atoms with Gasteiger partial charge in [-0.2, -0.15) is 0 Å². The summed E-state index contributed by atoms with van der Waals surface area (Å²) in [6.45, 7) is 1.96. The summed E-state index contributed by atoms with van der Waals surface area (Å²) >= 11 is 0. The molecule has 0 radical (unpaired) electrons. The second kappa shape index (κ2) is 6.84. The van der Waals surface area contributed by atoms with Crippen LogP contribution >= 0.6 is 0 Å². The molecule has 1 atom stereocenters. The molecule has 1 aromatic heterocycles. The van der Waals surface area contributed by atoms with Gasteiger partial charge in [0.2, 0.25) is 5.91 Å². The molecule has 1 heterocycles. The molecule has 0 saturated carbocycles. The van der Waals surface area contributed by atoms with Crippen LogP contribution in [-0.4, -0.2) is 41.8 Å². The zero-order valence-electron chi connectivity index (χ0n) is 11.5. The molecule has 6 heteroatoms. The van der Waals surface area contributed by atoms with Crippen molar-refractivity contribution >= 4 is 17.6 Å². The van der Waals surface area contributed by atoms with Crippen LogP contribution in [0.2, 0.25) is 0 Å². The normalized spacial score (nSPS) is 11.8. The molecule has 0 aliphatic heterocycles. The van der Waals surface area contributed by atoms with Gasteiger partial charge in [-0.15, -0.1) is 0 Å². The highest BCUT2D eigenvalue weighted by Gasteiger charge is 2.14. The maximum atomic E-state index is 11.8. The molecule has 0 aliphatic rings. The quantitative estimate of drug-likeness (QED) is 0.825. The molecule has 0 bridgehead atoms. The van der Waals surface area contributed by atoms with Gasteiger partial charge in [-0.05, 0) is 18.6 Å². The summed E-state index contributed by atoms with van der Waals surface area (Å²) in [5, 5.41) is 2.61. The van der Waals surface area contributed by atoms with Gasteiger partial charge in [0.25, 0.3) is 5.91 Å². The number of amides is 2. The first kappa shape index (κ1) is 15.1. The number of pyridine rings is 1. The second-order valence-corrected chi connectivity index (χ2v) is 4.51. The largest absolute Gasteiger partial charge is 0.345 e. The zero-order valence-corrected chi connectivity index (χ0v) is 11.5. The summed E-state index contributed by atoms with van der Waals surface area (Å²) in [4.78, 5) is 29.0. The minimum Gasteiger partial charge on any atom is -0.345 e. The fraction of sp³-hybridized carbons (Fsp3) is 0.462. The van der Waals surface area contributed by atoms with Crippen LogP contribution in [0.15, 0.2) is 18.3 Å². The summed E-state index contributed by atoms with van der Waals surface area (Å²) in [6, 6.07) is 2.59. The van der Waals surface area contributed by atoms with Gasteiger partial charge >= 0.3 is 0 Å². The standard InChI is InChI=1S/C13H20N4O2/c1-4-5-10(14)12(18)16-11-8-9(6-7-15-11)13(19)17(2)3/h6-8,10H,4-5,14H2,1-3H3,(H,15,16,18). The van der Waals surface area contributed by atoms with Gasteiger partial charge in [0.15, 0.2) is 0 Å². The van der Waals surface area contributed by atoms with E-state index in [0.29, 0.717) is 17.8 Å². The average molecular weight is 264 g/mol. The monoisotopic (exact) mass is 264 g/mol. The van der Waals surface area contributed by atoms with E-state index < -0.39 is 6.04 Å². The van der Waals surface area contributed by atoms with Crippen molar-refractivity contribution in [3.63, 3.8) is 0 Å². The average Bonchev–Trinajstić information content (AvgIpc) is 2.38. The van der Waals surface area contributed by atoms with E-state index in [0.717, 1.165) is 6.42 Å². The first-order valence-corrected chi connectivity index (χ1v) is 6.19. The van der Waals surface area contributed by atoms with E-state index in [9.17, 15) is 9.59 Å². The number of carbonyl (C=O) groups excluding carboxylic acids is 2. The van der Waals surface area contributed by atoms with Crippen molar-refractivity contribution in [1.82, 2.24) is 9.88 Å². The van der Waals surface area contributed by atoms with E-state index in [1.807, 2.05) is 6.92 Å². The van der Waals surface area contributed by atoms with Crippen LogP contribution in [-0.2, 0) is 4.79 Å². The SMILES string of the molecule is CCCC(N)C(=O)Nc1cc(C(=O)N(C)C)ccn1. The summed E-state index contributed by atoms with van der Waals surface area (Å²) < 4.78 is 0. The lowest BCUT2D eigenvalue weighted by atomic mass is 10.1. The highest BCUT2D eigenvalue weighted by molar-refractivity contribution is 5.97. The Hall–Kier alpha value is -1.95. The molecule has 1 rings (SSSR count). The van der Waals surface area contributed by atoms with Crippen LogP contribution in [0.3, 0.4) is 0 Å². The molecule has 0 spiro atoms. The highest BCUT2D eigenvalue weighted by Crippen LogP contribution is 2.09. The molecule has 2 amide bonds. The fourth-order valence-electron chi connectivity index (χ4n) is 1.55. The molecule has 104 valence electrons. The van der Waals surface area contributed by atoms with Crippen molar-refractivity contribution in [2.45, 2.75) is 25.8 Å². The summed E-state index contributed by atoms with van der Waals surface area (Å²) in [7, 11) is 3.33. The smallest absolute Gasteiger partial charge is 0.253 e. The Morgan fingerprint density at radius 2 is 2.16 bits per heavy atom.